The molecule has 1 aromatic heterocycles. The summed E-state index contributed by atoms with van der Waals surface area (Å²) in [5.74, 6) is -1.02. The number of carboxylic acid groups (broad SMARTS) is 1. The molecule has 4 rings (SSSR count). The fourth-order valence-corrected chi connectivity index (χ4v) is 4.05. The molecule has 0 fully saturated rings. The molecule has 1 N–H and O–H groups in total. The van der Waals surface area contributed by atoms with Crippen molar-refractivity contribution in [1.29, 1.82) is 0 Å². The van der Waals surface area contributed by atoms with Gasteiger partial charge < -0.3 is 9.67 Å². The van der Waals surface area contributed by atoms with Crippen molar-refractivity contribution in [2.75, 3.05) is 0 Å². The third-order valence-corrected chi connectivity index (χ3v) is 5.62. The van der Waals surface area contributed by atoms with Gasteiger partial charge in [-0.3, -0.25) is 9.59 Å². The summed E-state index contributed by atoms with van der Waals surface area (Å²) in [6.45, 7) is -0.310. The quantitative estimate of drug-likeness (QED) is 0.634. The second-order valence-electron chi connectivity index (χ2n) is 6.42. The molecule has 26 heavy (non-hydrogen) atoms. The average molecular weight is 388 g/mol. The maximum absolute atomic E-state index is 12.9. The van der Waals surface area contributed by atoms with Crippen LogP contribution in [0.3, 0.4) is 0 Å². The highest BCUT2D eigenvalue weighted by Gasteiger charge is 2.18. The summed E-state index contributed by atoms with van der Waals surface area (Å²) in [5.41, 5.74) is 2.96. The Morgan fingerprint density at radius 3 is 2.62 bits per heavy atom. The predicted octanol–water partition coefficient (Wildman–Crippen LogP) is 5.11. The Labute approximate surface area is 159 Å². The van der Waals surface area contributed by atoms with Gasteiger partial charge in [-0.05, 0) is 54.7 Å². The van der Waals surface area contributed by atoms with Crippen molar-refractivity contribution in [1.82, 2.24) is 4.57 Å². The number of halogens is 2. The van der Waals surface area contributed by atoms with E-state index in [1.54, 1.807) is 22.8 Å². The zero-order valence-corrected chi connectivity index (χ0v) is 15.3. The van der Waals surface area contributed by atoms with E-state index >= 15 is 0 Å². The third-order valence-electron chi connectivity index (χ3n) is 4.82. The molecular formula is C20H15Cl2NO3. The second-order valence-corrected chi connectivity index (χ2v) is 7.21. The van der Waals surface area contributed by atoms with Crippen LogP contribution in [0.2, 0.25) is 10.0 Å². The number of carboxylic acids is 1. The van der Waals surface area contributed by atoms with Gasteiger partial charge in [0, 0.05) is 10.8 Å². The summed E-state index contributed by atoms with van der Waals surface area (Å²) in [5, 5.41) is 10.7. The monoisotopic (exact) mass is 387 g/mol. The largest absolute Gasteiger partial charge is 0.480 e. The molecule has 1 aliphatic carbocycles. The van der Waals surface area contributed by atoms with E-state index in [2.05, 4.69) is 6.08 Å². The Morgan fingerprint density at radius 1 is 1.15 bits per heavy atom. The number of hydrogen-bond acceptors (Lipinski definition) is 2. The topological polar surface area (TPSA) is 59.3 Å². The standard InChI is InChI=1S/C20H15Cl2NO3/c21-15-8-7-14-19(18(15)22)23(10-17(24)25)16-9-12(11-3-1-2-4-11)5-6-13(16)20(14)26/h3,5-9H,1-2,4,10H2,(H,24,25). The molecule has 0 amide bonds. The van der Waals surface area contributed by atoms with Gasteiger partial charge >= 0.3 is 5.97 Å². The van der Waals surface area contributed by atoms with E-state index in [1.165, 1.54) is 5.57 Å². The van der Waals surface area contributed by atoms with E-state index < -0.39 is 5.97 Å². The minimum absolute atomic E-state index is 0.179. The van der Waals surface area contributed by atoms with Crippen molar-refractivity contribution >= 4 is 56.6 Å². The first-order valence-electron chi connectivity index (χ1n) is 8.33. The number of aromatic nitrogens is 1. The van der Waals surface area contributed by atoms with E-state index in [9.17, 15) is 14.7 Å². The minimum Gasteiger partial charge on any atom is -0.480 e. The van der Waals surface area contributed by atoms with Gasteiger partial charge in [0.05, 0.1) is 21.1 Å². The predicted molar refractivity (Wildman–Crippen MR) is 105 cm³/mol. The Kier molecular flexibility index (Phi) is 4.25. The molecule has 2 aromatic carbocycles. The number of hydrogen-bond donors (Lipinski definition) is 1. The van der Waals surface area contributed by atoms with Crippen molar-refractivity contribution in [3.05, 3.63) is 62.2 Å². The van der Waals surface area contributed by atoms with Crippen molar-refractivity contribution in [3.8, 4) is 0 Å². The van der Waals surface area contributed by atoms with Crippen LogP contribution in [0.25, 0.3) is 27.4 Å². The fourth-order valence-electron chi connectivity index (χ4n) is 3.63. The van der Waals surface area contributed by atoms with Crippen molar-refractivity contribution < 1.29 is 9.90 Å². The molecule has 3 aromatic rings. The Bertz CT molecular complexity index is 1160. The highest BCUT2D eigenvalue weighted by Crippen LogP contribution is 2.34. The first-order valence-corrected chi connectivity index (χ1v) is 9.08. The molecule has 0 saturated heterocycles. The molecule has 6 heteroatoms. The fraction of sp³-hybridized carbons (Fsp3) is 0.200. The minimum atomic E-state index is -1.02. The molecule has 132 valence electrons. The van der Waals surface area contributed by atoms with Gasteiger partial charge in [0.1, 0.15) is 6.54 Å². The number of rotatable bonds is 3. The maximum atomic E-state index is 12.9. The van der Waals surface area contributed by atoms with Crippen molar-refractivity contribution in [3.63, 3.8) is 0 Å². The zero-order chi connectivity index (χ0) is 18.4. The van der Waals surface area contributed by atoms with Gasteiger partial charge in [-0.25, -0.2) is 0 Å². The second kappa shape index (κ2) is 6.45. The number of benzene rings is 2. The summed E-state index contributed by atoms with van der Waals surface area (Å²) in [7, 11) is 0. The highest BCUT2D eigenvalue weighted by atomic mass is 35.5. The first kappa shape index (κ1) is 17.1. The summed E-state index contributed by atoms with van der Waals surface area (Å²) in [6.07, 6.45) is 5.31. The van der Waals surface area contributed by atoms with Crippen LogP contribution < -0.4 is 5.43 Å². The molecule has 0 radical (unpaired) electrons. The molecule has 4 nitrogen and oxygen atoms in total. The number of carbonyl (C=O) groups is 1. The lowest BCUT2D eigenvalue weighted by Gasteiger charge is -2.16. The van der Waals surface area contributed by atoms with Crippen LogP contribution in [0.1, 0.15) is 24.8 Å². The molecule has 0 atom stereocenters. The van der Waals surface area contributed by atoms with Crippen LogP contribution in [0.5, 0.6) is 0 Å². The average Bonchev–Trinajstić information content (AvgIpc) is 3.15. The summed E-state index contributed by atoms with van der Waals surface area (Å²) < 4.78 is 1.57. The number of fused-ring (bicyclic) bond motifs is 2. The Morgan fingerprint density at radius 2 is 1.92 bits per heavy atom. The van der Waals surface area contributed by atoms with E-state index in [1.807, 2.05) is 12.1 Å². The summed E-state index contributed by atoms with van der Waals surface area (Å²) in [4.78, 5) is 24.4. The molecule has 0 spiro atoms. The van der Waals surface area contributed by atoms with Crippen LogP contribution in [0.4, 0.5) is 0 Å². The molecule has 0 bridgehead atoms. The van der Waals surface area contributed by atoms with Crippen molar-refractivity contribution in [2.45, 2.75) is 25.8 Å². The van der Waals surface area contributed by atoms with Gasteiger partial charge in [-0.1, -0.05) is 35.3 Å². The van der Waals surface area contributed by atoms with Gasteiger partial charge in [-0.15, -0.1) is 0 Å². The number of aliphatic carboxylic acids is 1. The summed E-state index contributed by atoms with van der Waals surface area (Å²) in [6, 6.07) is 8.73. The number of pyridine rings is 1. The number of nitrogens with zero attached hydrogens (tertiary/aromatic N) is 1. The summed E-state index contributed by atoms with van der Waals surface area (Å²) >= 11 is 12.5. The molecule has 1 heterocycles. The molecule has 0 aliphatic heterocycles. The van der Waals surface area contributed by atoms with Crippen LogP contribution in [-0.4, -0.2) is 15.6 Å². The molecule has 0 unspecified atom stereocenters. The Balaban J connectivity index is 2.15. The maximum Gasteiger partial charge on any atom is 0.323 e. The van der Waals surface area contributed by atoms with Crippen LogP contribution in [-0.2, 0) is 11.3 Å². The lowest BCUT2D eigenvalue weighted by Crippen LogP contribution is -2.16. The third kappa shape index (κ3) is 2.70. The van der Waals surface area contributed by atoms with Gasteiger partial charge in [-0.2, -0.15) is 0 Å². The van der Waals surface area contributed by atoms with E-state index in [0.29, 0.717) is 21.8 Å². The van der Waals surface area contributed by atoms with Crippen LogP contribution in [0, 0.1) is 0 Å². The smallest absolute Gasteiger partial charge is 0.323 e. The molecule has 1 aliphatic rings. The van der Waals surface area contributed by atoms with Crippen LogP contribution >= 0.6 is 23.2 Å². The van der Waals surface area contributed by atoms with Gasteiger partial charge in [0.25, 0.3) is 0 Å². The first-order chi connectivity index (χ1) is 12.5. The zero-order valence-electron chi connectivity index (χ0n) is 13.8. The normalized spacial score (nSPS) is 14.2. The highest BCUT2D eigenvalue weighted by molar-refractivity contribution is 6.45. The van der Waals surface area contributed by atoms with E-state index in [4.69, 9.17) is 23.2 Å². The lowest BCUT2D eigenvalue weighted by molar-refractivity contribution is -0.137. The molecule has 0 saturated carbocycles. The van der Waals surface area contributed by atoms with E-state index in [-0.39, 0.29) is 22.0 Å². The van der Waals surface area contributed by atoms with Crippen LogP contribution in [0.15, 0.2) is 41.2 Å². The number of allylic oxidation sites excluding steroid dienone is 2. The SMILES string of the molecule is O=C(O)Cn1c2cc(C3=CCCC3)ccc2c(=O)c2ccc(Cl)c(Cl)c21. The Hall–Kier alpha value is -2.30. The lowest BCUT2D eigenvalue weighted by atomic mass is 10.0. The molecular weight excluding hydrogens is 373 g/mol. The van der Waals surface area contributed by atoms with Gasteiger partial charge in [0.2, 0.25) is 0 Å². The van der Waals surface area contributed by atoms with Gasteiger partial charge in [0.15, 0.2) is 5.43 Å². The van der Waals surface area contributed by atoms with Crippen molar-refractivity contribution in [2.24, 2.45) is 0 Å². The van der Waals surface area contributed by atoms with E-state index in [0.717, 1.165) is 24.8 Å².